The Morgan fingerprint density at radius 3 is 2.50 bits per heavy atom. The van der Waals surface area contributed by atoms with Crippen LogP contribution in [0.4, 0.5) is 0 Å². The van der Waals surface area contributed by atoms with E-state index < -0.39 is 0 Å². The topological polar surface area (TPSA) is 55.7 Å². The molecule has 0 saturated heterocycles. The molecule has 4 nitrogen and oxygen atoms in total. The molecule has 0 rings (SSSR count). The van der Waals surface area contributed by atoms with E-state index in [1.165, 1.54) is 6.08 Å². The van der Waals surface area contributed by atoms with Crippen LogP contribution in [0.1, 0.15) is 20.8 Å². The van der Waals surface area contributed by atoms with Crippen LogP contribution in [0.2, 0.25) is 0 Å². The van der Waals surface area contributed by atoms with Crippen LogP contribution in [-0.4, -0.2) is 24.7 Å². The van der Waals surface area contributed by atoms with E-state index in [1.54, 1.807) is 20.8 Å². The first-order valence-corrected chi connectivity index (χ1v) is 3.82. The molecule has 0 heterocycles. The monoisotopic (exact) mass is 171 g/mol. The Balaban J connectivity index is 3.84. The lowest BCUT2D eigenvalue weighted by Gasteiger charge is -2.10. The second-order valence-electron chi connectivity index (χ2n) is 2.82. The van der Waals surface area contributed by atoms with Gasteiger partial charge in [0.1, 0.15) is 0 Å². The van der Waals surface area contributed by atoms with Crippen molar-refractivity contribution in [3.63, 3.8) is 0 Å². The van der Waals surface area contributed by atoms with Gasteiger partial charge in [-0.05, 0) is 13.8 Å². The maximum atomic E-state index is 11.0. The Morgan fingerprint density at radius 1 is 1.50 bits per heavy atom. The minimum absolute atomic E-state index is 0.125. The summed E-state index contributed by atoms with van der Waals surface area (Å²) >= 11 is 0. The zero-order chi connectivity index (χ0) is 9.56. The van der Waals surface area contributed by atoms with Gasteiger partial charge in [-0.3, -0.25) is 4.79 Å². The van der Waals surface area contributed by atoms with Crippen LogP contribution >= 0.6 is 0 Å². The fraction of sp³-hybridized carbons (Fsp3) is 0.750. The summed E-state index contributed by atoms with van der Waals surface area (Å²) in [5.74, 6) is -0.696. The first kappa shape index (κ1) is 10.8. The third-order valence-corrected chi connectivity index (χ3v) is 1.18. The predicted molar refractivity (Wildman–Crippen MR) is 43.4 cm³/mol. The maximum absolute atomic E-state index is 11.0. The molecule has 0 saturated carbocycles. The molecule has 0 radical (unpaired) electrons. The van der Waals surface area contributed by atoms with Gasteiger partial charge in [0.15, 0.2) is 0 Å². The van der Waals surface area contributed by atoms with E-state index in [4.69, 9.17) is 4.74 Å². The SMILES string of the molecule is CC(C)OC(=O)C(C)CN=C=O. The molecule has 4 heteroatoms. The minimum Gasteiger partial charge on any atom is -0.463 e. The van der Waals surface area contributed by atoms with Crippen molar-refractivity contribution in [1.82, 2.24) is 0 Å². The molecule has 0 aliphatic heterocycles. The number of hydrogen-bond donors (Lipinski definition) is 0. The van der Waals surface area contributed by atoms with Gasteiger partial charge in [0.05, 0.1) is 18.6 Å². The van der Waals surface area contributed by atoms with Crippen molar-refractivity contribution in [2.75, 3.05) is 6.54 Å². The van der Waals surface area contributed by atoms with Gasteiger partial charge >= 0.3 is 5.97 Å². The average Bonchev–Trinajstić information content (AvgIpc) is 1.98. The highest BCUT2D eigenvalue weighted by Gasteiger charge is 2.14. The molecule has 0 fully saturated rings. The molecule has 0 aliphatic rings. The van der Waals surface area contributed by atoms with Crippen molar-refractivity contribution in [3.05, 3.63) is 0 Å². The lowest BCUT2D eigenvalue weighted by Crippen LogP contribution is -2.20. The zero-order valence-corrected chi connectivity index (χ0v) is 7.53. The van der Waals surface area contributed by atoms with E-state index in [-0.39, 0.29) is 24.5 Å². The van der Waals surface area contributed by atoms with Gasteiger partial charge in [0, 0.05) is 0 Å². The molecule has 0 amide bonds. The number of nitrogens with zero attached hydrogens (tertiary/aromatic N) is 1. The quantitative estimate of drug-likeness (QED) is 0.359. The van der Waals surface area contributed by atoms with E-state index in [2.05, 4.69) is 4.99 Å². The molecule has 68 valence electrons. The van der Waals surface area contributed by atoms with E-state index in [0.717, 1.165) is 0 Å². The fourth-order valence-corrected chi connectivity index (χ4v) is 0.597. The van der Waals surface area contributed by atoms with Gasteiger partial charge in [-0.1, -0.05) is 6.92 Å². The Kier molecular flexibility index (Phi) is 4.97. The summed E-state index contributed by atoms with van der Waals surface area (Å²) in [5, 5.41) is 0. The molecular weight excluding hydrogens is 158 g/mol. The third-order valence-electron chi connectivity index (χ3n) is 1.18. The van der Waals surface area contributed by atoms with Crippen LogP contribution < -0.4 is 0 Å². The van der Waals surface area contributed by atoms with E-state index >= 15 is 0 Å². The highest BCUT2D eigenvalue weighted by molar-refractivity contribution is 5.72. The third kappa shape index (κ3) is 4.63. The van der Waals surface area contributed by atoms with Gasteiger partial charge in [0.2, 0.25) is 6.08 Å². The number of ether oxygens (including phenoxy) is 1. The molecule has 0 N–H and O–H groups in total. The highest BCUT2D eigenvalue weighted by atomic mass is 16.5. The number of carbonyl (C=O) groups is 1. The molecule has 0 bridgehead atoms. The Bertz CT molecular complexity index is 194. The number of hydrogen-bond acceptors (Lipinski definition) is 4. The summed E-state index contributed by atoms with van der Waals surface area (Å²) < 4.78 is 4.88. The lowest BCUT2D eigenvalue weighted by molar-refractivity contribution is -0.151. The number of aliphatic imine (C=N–C) groups is 1. The summed E-state index contributed by atoms with van der Waals surface area (Å²) in [6, 6.07) is 0. The number of carbonyl (C=O) groups excluding carboxylic acids is 2. The van der Waals surface area contributed by atoms with Gasteiger partial charge in [-0.25, -0.2) is 9.79 Å². The summed E-state index contributed by atoms with van der Waals surface area (Å²) in [6.07, 6.45) is 1.25. The van der Waals surface area contributed by atoms with Gasteiger partial charge in [-0.15, -0.1) is 0 Å². The number of isocyanates is 1. The zero-order valence-electron chi connectivity index (χ0n) is 7.53. The van der Waals surface area contributed by atoms with Crippen LogP contribution in [0.25, 0.3) is 0 Å². The van der Waals surface area contributed by atoms with Crippen LogP contribution in [-0.2, 0) is 14.3 Å². The maximum Gasteiger partial charge on any atom is 0.310 e. The first-order valence-electron chi connectivity index (χ1n) is 3.82. The largest absolute Gasteiger partial charge is 0.463 e. The van der Waals surface area contributed by atoms with Crippen LogP contribution in [0.5, 0.6) is 0 Å². The van der Waals surface area contributed by atoms with Crippen molar-refractivity contribution in [2.24, 2.45) is 10.9 Å². The minimum atomic E-state index is -0.367. The fourth-order valence-electron chi connectivity index (χ4n) is 0.597. The van der Waals surface area contributed by atoms with Crippen LogP contribution in [0.15, 0.2) is 4.99 Å². The van der Waals surface area contributed by atoms with Gasteiger partial charge < -0.3 is 4.74 Å². The smallest absolute Gasteiger partial charge is 0.310 e. The summed E-state index contributed by atoms with van der Waals surface area (Å²) in [7, 11) is 0. The predicted octanol–water partition coefficient (Wildman–Crippen LogP) is 0.910. The summed E-state index contributed by atoms with van der Waals surface area (Å²) in [6.45, 7) is 5.35. The summed E-state index contributed by atoms with van der Waals surface area (Å²) in [4.78, 5) is 24.1. The average molecular weight is 171 g/mol. The molecule has 0 spiro atoms. The van der Waals surface area contributed by atoms with Gasteiger partial charge in [-0.2, -0.15) is 0 Å². The van der Waals surface area contributed by atoms with Crippen LogP contribution in [0, 0.1) is 5.92 Å². The van der Waals surface area contributed by atoms with Crippen molar-refractivity contribution in [2.45, 2.75) is 26.9 Å². The number of rotatable bonds is 4. The first-order chi connectivity index (χ1) is 5.57. The molecule has 0 aliphatic carbocycles. The van der Waals surface area contributed by atoms with E-state index in [9.17, 15) is 9.59 Å². The summed E-state index contributed by atoms with van der Waals surface area (Å²) in [5.41, 5.74) is 0. The van der Waals surface area contributed by atoms with Crippen molar-refractivity contribution in [1.29, 1.82) is 0 Å². The molecule has 12 heavy (non-hydrogen) atoms. The number of esters is 1. The molecule has 0 aromatic carbocycles. The van der Waals surface area contributed by atoms with Crippen molar-refractivity contribution < 1.29 is 14.3 Å². The van der Waals surface area contributed by atoms with Crippen molar-refractivity contribution in [3.8, 4) is 0 Å². The van der Waals surface area contributed by atoms with E-state index in [0.29, 0.717) is 0 Å². The van der Waals surface area contributed by atoms with Crippen molar-refractivity contribution >= 4 is 12.0 Å². The second-order valence-corrected chi connectivity index (χ2v) is 2.82. The Labute approximate surface area is 71.6 Å². The highest BCUT2D eigenvalue weighted by Crippen LogP contribution is 2.01. The van der Waals surface area contributed by atoms with E-state index in [1.807, 2.05) is 0 Å². The standard InChI is InChI=1S/C8H13NO3/c1-6(2)12-8(11)7(3)4-9-5-10/h6-7H,4H2,1-3H3. The normalized spacial score (nSPS) is 12.0. The Hall–Kier alpha value is -1.15. The van der Waals surface area contributed by atoms with Crippen LogP contribution in [0.3, 0.4) is 0 Å². The second kappa shape index (κ2) is 5.49. The lowest BCUT2D eigenvalue weighted by atomic mass is 10.2. The molecular formula is C8H13NO3. The molecule has 0 aromatic heterocycles. The molecule has 1 unspecified atom stereocenters. The Morgan fingerprint density at radius 2 is 2.08 bits per heavy atom. The molecule has 0 aromatic rings. The van der Waals surface area contributed by atoms with Gasteiger partial charge in [0.25, 0.3) is 0 Å². The molecule has 1 atom stereocenters.